The largest absolute Gasteiger partial charge is 0.381 e. The number of hydrogen-bond donors (Lipinski definition) is 0. The Kier molecular flexibility index (Phi) is 9.34. The summed E-state index contributed by atoms with van der Waals surface area (Å²) in [5.74, 6) is 3.01. The Bertz CT molecular complexity index is 526. The van der Waals surface area contributed by atoms with Gasteiger partial charge in [0.1, 0.15) is 0 Å². The minimum Gasteiger partial charge on any atom is -0.381 e. The first-order chi connectivity index (χ1) is 13.8. The van der Waals surface area contributed by atoms with Crippen molar-refractivity contribution in [3.8, 4) is 0 Å². The number of ether oxygens (including phenoxy) is 2. The molecular weight excluding hydrogens is 344 g/mol. The molecule has 28 heavy (non-hydrogen) atoms. The molecular formula is C26H42O2. The van der Waals surface area contributed by atoms with Crippen molar-refractivity contribution in [3.05, 3.63) is 35.4 Å². The highest BCUT2D eigenvalue weighted by Gasteiger charge is 2.55. The van der Waals surface area contributed by atoms with Crippen LogP contribution >= 0.6 is 0 Å². The third kappa shape index (κ3) is 7.19. The monoisotopic (exact) mass is 386 g/mol. The lowest BCUT2D eigenvalue weighted by molar-refractivity contribution is 0.0384. The second-order valence-corrected chi connectivity index (χ2v) is 9.21. The first-order valence-electron chi connectivity index (χ1n) is 12.0. The molecule has 0 amide bonds. The molecule has 0 saturated heterocycles. The van der Waals surface area contributed by atoms with Crippen LogP contribution in [0, 0.1) is 24.7 Å². The first kappa shape index (κ1) is 21.8. The van der Waals surface area contributed by atoms with Crippen molar-refractivity contribution in [2.45, 2.75) is 90.6 Å². The molecule has 2 aliphatic carbocycles. The second-order valence-electron chi connectivity index (χ2n) is 9.21. The first-order valence-corrected chi connectivity index (χ1v) is 12.0. The molecule has 0 heterocycles. The van der Waals surface area contributed by atoms with Gasteiger partial charge in [0.2, 0.25) is 0 Å². The number of unbranched alkanes of at least 4 members (excludes halogenated alkanes) is 4. The zero-order valence-corrected chi connectivity index (χ0v) is 18.3. The van der Waals surface area contributed by atoms with Crippen LogP contribution in [0.25, 0.3) is 0 Å². The predicted molar refractivity (Wildman–Crippen MR) is 118 cm³/mol. The molecule has 0 aliphatic heterocycles. The van der Waals surface area contributed by atoms with Gasteiger partial charge in [0.25, 0.3) is 0 Å². The number of rotatable bonds is 15. The fourth-order valence-electron chi connectivity index (χ4n) is 5.07. The maximum absolute atomic E-state index is 6.13. The Labute approximate surface area is 173 Å². The quantitative estimate of drug-likeness (QED) is 0.311. The van der Waals surface area contributed by atoms with E-state index in [4.69, 9.17) is 9.47 Å². The van der Waals surface area contributed by atoms with E-state index in [-0.39, 0.29) is 0 Å². The van der Waals surface area contributed by atoms with Gasteiger partial charge in [-0.05, 0) is 81.6 Å². The molecule has 2 atom stereocenters. The van der Waals surface area contributed by atoms with Gasteiger partial charge < -0.3 is 9.47 Å². The van der Waals surface area contributed by atoms with Gasteiger partial charge in [0, 0.05) is 19.8 Å². The zero-order valence-electron chi connectivity index (χ0n) is 18.3. The molecule has 2 nitrogen and oxygen atoms in total. The third-order valence-electron chi connectivity index (χ3n) is 6.88. The Morgan fingerprint density at radius 3 is 2.21 bits per heavy atom. The summed E-state index contributed by atoms with van der Waals surface area (Å²) in [6.07, 6.45) is 14.7. The summed E-state index contributed by atoms with van der Waals surface area (Å²) in [4.78, 5) is 0. The van der Waals surface area contributed by atoms with E-state index in [1.54, 1.807) is 0 Å². The van der Waals surface area contributed by atoms with Gasteiger partial charge >= 0.3 is 0 Å². The standard InChI is InChI=1S/C26H42O2/c1-3-4-7-16-27-17-8-9-18-28-23-19-25-24(26(25)20-23)11-6-5-10-22-14-12-21(2)13-15-22/h12-15,23-26H,3-11,16-20H2,1-2H3. The van der Waals surface area contributed by atoms with Crippen molar-refractivity contribution >= 4 is 0 Å². The van der Waals surface area contributed by atoms with E-state index in [0.717, 1.165) is 50.4 Å². The molecule has 2 heteroatoms. The van der Waals surface area contributed by atoms with Crippen LogP contribution in [0.5, 0.6) is 0 Å². The smallest absolute Gasteiger partial charge is 0.0580 e. The Hall–Kier alpha value is -0.860. The fraction of sp³-hybridized carbons (Fsp3) is 0.769. The van der Waals surface area contributed by atoms with Crippen LogP contribution in [-0.4, -0.2) is 25.9 Å². The van der Waals surface area contributed by atoms with Crippen molar-refractivity contribution in [1.29, 1.82) is 0 Å². The molecule has 158 valence electrons. The van der Waals surface area contributed by atoms with Crippen molar-refractivity contribution in [2.24, 2.45) is 17.8 Å². The summed E-state index contributed by atoms with van der Waals surface area (Å²) >= 11 is 0. The number of aryl methyl sites for hydroxylation is 2. The highest BCUT2D eigenvalue weighted by molar-refractivity contribution is 5.21. The molecule has 1 aromatic rings. The molecule has 2 saturated carbocycles. The second kappa shape index (κ2) is 12.0. The van der Waals surface area contributed by atoms with E-state index in [2.05, 4.69) is 38.1 Å². The van der Waals surface area contributed by atoms with E-state index in [9.17, 15) is 0 Å². The molecule has 2 fully saturated rings. The normalized spacial score (nSPS) is 25.8. The molecule has 2 unspecified atom stereocenters. The Morgan fingerprint density at radius 2 is 1.50 bits per heavy atom. The highest BCUT2D eigenvalue weighted by atomic mass is 16.5. The number of hydrogen-bond acceptors (Lipinski definition) is 2. The van der Waals surface area contributed by atoms with E-state index >= 15 is 0 Å². The van der Waals surface area contributed by atoms with Gasteiger partial charge in [0.05, 0.1) is 6.10 Å². The van der Waals surface area contributed by atoms with Gasteiger partial charge in [0.15, 0.2) is 0 Å². The summed E-state index contributed by atoms with van der Waals surface area (Å²) in [6, 6.07) is 9.06. The third-order valence-corrected chi connectivity index (χ3v) is 6.88. The molecule has 0 radical (unpaired) electrons. The number of fused-ring (bicyclic) bond motifs is 1. The van der Waals surface area contributed by atoms with Crippen molar-refractivity contribution in [2.75, 3.05) is 19.8 Å². The maximum atomic E-state index is 6.13. The summed E-state index contributed by atoms with van der Waals surface area (Å²) in [7, 11) is 0. The lowest BCUT2D eigenvalue weighted by Crippen LogP contribution is -2.13. The van der Waals surface area contributed by atoms with Crippen LogP contribution in [0.4, 0.5) is 0 Å². The van der Waals surface area contributed by atoms with Gasteiger partial charge in [-0.15, -0.1) is 0 Å². The lowest BCUT2D eigenvalue weighted by Gasteiger charge is -2.15. The molecule has 1 aromatic carbocycles. The van der Waals surface area contributed by atoms with Crippen LogP contribution in [0.1, 0.15) is 82.3 Å². The van der Waals surface area contributed by atoms with Crippen LogP contribution in [0.15, 0.2) is 24.3 Å². The average molecular weight is 387 g/mol. The van der Waals surface area contributed by atoms with Crippen molar-refractivity contribution in [3.63, 3.8) is 0 Å². The summed E-state index contributed by atoms with van der Waals surface area (Å²) in [5, 5.41) is 0. The van der Waals surface area contributed by atoms with Gasteiger partial charge in [-0.3, -0.25) is 0 Å². The topological polar surface area (TPSA) is 18.5 Å². The zero-order chi connectivity index (χ0) is 19.6. The summed E-state index contributed by atoms with van der Waals surface area (Å²) in [6.45, 7) is 7.18. The SMILES string of the molecule is CCCCCOCCCCOC1CC2C(CCCCc3ccc(C)cc3)C2C1. The summed E-state index contributed by atoms with van der Waals surface area (Å²) in [5.41, 5.74) is 2.86. The molecule has 0 spiro atoms. The molecule has 0 N–H and O–H groups in total. The van der Waals surface area contributed by atoms with Gasteiger partial charge in [-0.1, -0.05) is 56.0 Å². The van der Waals surface area contributed by atoms with E-state index in [1.165, 1.54) is 68.9 Å². The minimum absolute atomic E-state index is 0.560. The van der Waals surface area contributed by atoms with Crippen LogP contribution in [0.2, 0.25) is 0 Å². The summed E-state index contributed by atoms with van der Waals surface area (Å²) < 4.78 is 11.8. The van der Waals surface area contributed by atoms with E-state index < -0.39 is 0 Å². The molecule has 2 aliphatic rings. The molecule has 0 bridgehead atoms. The van der Waals surface area contributed by atoms with Crippen LogP contribution < -0.4 is 0 Å². The maximum Gasteiger partial charge on any atom is 0.0580 e. The fourth-order valence-corrected chi connectivity index (χ4v) is 5.07. The average Bonchev–Trinajstić information content (AvgIpc) is 3.15. The highest BCUT2D eigenvalue weighted by Crippen LogP contribution is 2.60. The van der Waals surface area contributed by atoms with Crippen LogP contribution in [-0.2, 0) is 15.9 Å². The Morgan fingerprint density at radius 1 is 0.821 bits per heavy atom. The van der Waals surface area contributed by atoms with Crippen molar-refractivity contribution < 1.29 is 9.47 Å². The van der Waals surface area contributed by atoms with E-state index in [1.807, 2.05) is 0 Å². The van der Waals surface area contributed by atoms with Gasteiger partial charge in [-0.2, -0.15) is 0 Å². The number of benzene rings is 1. The van der Waals surface area contributed by atoms with Crippen molar-refractivity contribution in [1.82, 2.24) is 0 Å². The lowest BCUT2D eigenvalue weighted by atomic mass is 10.0. The minimum atomic E-state index is 0.560. The molecule has 0 aromatic heterocycles. The molecule has 3 rings (SSSR count). The van der Waals surface area contributed by atoms with Gasteiger partial charge in [-0.25, -0.2) is 0 Å². The Balaban J connectivity index is 1.13. The van der Waals surface area contributed by atoms with E-state index in [0.29, 0.717) is 6.10 Å². The predicted octanol–water partition coefficient (Wildman–Crippen LogP) is 6.74. The van der Waals surface area contributed by atoms with Crippen LogP contribution in [0.3, 0.4) is 0 Å².